The number of carboxylic acids is 1. The normalized spacial score (nSPS) is 14.2. The number of hydrogen-bond donors (Lipinski definition) is 2. The fourth-order valence-electron chi connectivity index (χ4n) is 2.81. The zero-order valence-electron chi connectivity index (χ0n) is 13.7. The summed E-state index contributed by atoms with van der Waals surface area (Å²) in [5, 5.41) is 12.8. The van der Waals surface area contributed by atoms with Crippen LogP contribution in [0, 0.1) is 0 Å². The number of nitrogens with zero attached hydrogens (tertiary/aromatic N) is 3. The Hall–Kier alpha value is -2.51. The number of urea groups is 1. The Balaban J connectivity index is 1.65. The van der Waals surface area contributed by atoms with Gasteiger partial charge in [-0.25, -0.2) is 9.59 Å². The quantitative estimate of drug-likeness (QED) is 0.832. The first-order valence-corrected chi connectivity index (χ1v) is 8.65. The lowest BCUT2D eigenvalue weighted by molar-refractivity contribution is 0.0698. The summed E-state index contributed by atoms with van der Waals surface area (Å²) in [6, 6.07) is 5.95. The first-order chi connectivity index (χ1) is 12.5. The van der Waals surface area contributed by atoms with E-state index in [9.17, 15) is 14.7 Å². The number of benzene rings is 1. The van der Waals surface area contributed by atoms with Crippen LogP contribution >= 0.6 is 23.2 Å². The Morgan fingerprint density at radius 3 is 2.27 bits per heavy atom. The SMILES string of the molecule is O=C(O)c1ccccc1NC(=O)N1CCN(c2c(Cl)cncc2Cl)CC1. The Labute approximate surface area is 160 Å². The van der Waals surface area contributed by atoms with Gasteiger partial charge in [0.15, 0.2) is 0 Å². The highest BCUT2D eigenvalue weighted by Crippen LogP contribution is 2.33. The van der Waals surface area contributed by atoms with Gasteiger partial charge in [-0.15, -0.1) is 0 Å². The number of amides is 2. The van der Waals surface area contributed by atoms with Crippen LogP contribution in [0.4, 0.5) is 16.2 Å². The van der Waals surface area contributed by atoms with Crippen molar-refractivity contribution in [2.75, 3.05) is 36.4 Å². The highest BCUT2D eigenvalue weighted by Gasteiger charge is 2.24. The number of carbonyl (C=O) groups is 2. The monoisotopic (exact) mass is 394 g/mol. The largest absolute Gasteiger partial charge is 0.478 e. The molecule has 0 unspecified atom stereocenters. The predicted octanol–water partition coefficient (Wildman–Crippen LogP) is 3.44. The highest BCUT2D eigenvalue weighted by atomic mass is 35.5. The molecule has 9 heteroatoms. The third-order valence-electron chi connectivity index (χ3n) is 4.11. The average molecular weight is 395 g/mol. The molecule has 0 bridgehead atoms. The van der Waals surface area contributed by atoms with Gasteiger partial charge in [-0.05, 0) is 12.1 Å². The van der Waals surface area contributed by atoms with Crippen LogP contribution in [-0.2, 0) is 0 Å². The maximum atomic E-state index is 12.5. The molecule has 2 N–H and O–H groups in total. The number of para-hydroxylation sites is 1. The van der Waals surface area contributed by atoms with Crippen LogP contribution < -0.4 is 10.2 Å². The van der Waals surface area contributed by atoms with Gasteiger partial charge in [0.1, 0.15) is 0 Å². The second-order valence-electron chi connectivity index (χ2n) is 5.71. The van der Waals surface area contributed by atoms with Crippen LogP contribution in [0.5, 0.6) is 0 Å². The number of nitrogens with one attached hydrogen (secondary N) is 1. The summed E-state index contributed by atoms with van der Waals surface area (Å²) in [5.74, 6) is -1.09. The van der Waals surface area contributed by atoms with Crippen LogP contribution in [0.1, 0.15) is 10.4 Å². The van der Waals surface area contributed by atoms with Gasteiger partial charge in [0, 0.05) is 38.6 Å². The van der Waals surface area contributed by atoms with E-state index in [0.29, 0.717) is 41.9 Å². The topological polar surface area (TPSA) is 85.8 Å². The summed E-state index contributed by atoms with van der Waals surface area (Å²) in [5.41, 5.74) is 1.03. The molecule has 2 amide bonds. The lowest BCUT2D eigenvalue weighted by atomic mass is 10.2. The number of piperazine rings is 1. The summed E-state index contributed by atoms with van der Waals surface area (Å²) in [7, 11) is 0. The van der Waals surface area contributed by atoms with Crippen LogP contribution in [0.25, 0.3) is 0 Å². The molecule has 136 valence electrons. The highest BCUT2D eigenvalue weighted by molar-refractivity contribution is 6.38. The molecule has 7 nitrogen and oxygen atoms in total. The Bertz CT molecular complexity index is 818. The first-order valence-electron chi connectivity index (χ1n) is 7.89. The molecule has 1 aromatic heterocycles. The van der Waals surface area contributed by atoms with E-state index in [1.165, 1.54) is 18.5 Å². The molecule has 1 aliphatic heterocycles. The third kappa shape index (κ3) is 3.84. The Kier molecular flexibility index (Phi) is 5.49. The maximum Gasteiger partial charge on any atom is 0.337 e. The van der Waals surface area contributed by atoms with Gasteiger partial charge >= 0.3 is 12.0 Å². The molecule has 0 atom stereocenters. The maximum absolute atomic E-state index is 12.5. The number of carbonyl (C=O) groups excluding carboxylic acids is 1. The molecule has 0 saturated carbocycles. The zero-order valence-corrected chi connectivity index (χ0v) is 15.2. The lowest BCUT2D eigenvalue weighted by Crippen LogP contribution is -2.50. The molecule has 1 saturated heterocycles. The van der Waals surface area contributed by atoms with Crippen molar-refractivity contribution in [1.29, 1.82) is 0 Å². The van der Waals surface area contributed by atoms with Crippen molar-refractivity contribution in [3.63, 3.8) is 0 Å². The van der Waals surface area contributed by atoms with Gasteiger partial charge in [0.05, 0.1) is 27.0 Å². The van der Waals surface area contributed by atoms with E-state index in [0.717, 1.165) is 0 Å². The number of aromatic carboxylic acids is 1. The summed E-state index contributed by atoms with van der Waals surface area (Å²) >= 11 is 12.4. The fraction of sp³-hybridized carbons (Fsp3) is 0.235. The number of pyridine rings is 1. The first kappa shape index (κ1) is 18.3. The van der Waals surface area contributed by atoms with Crippen molar-refractivity contribution in [2.24, 2.45) is 0 Å². The van der Waals surface area contributed by atoms with E-state index >= 15 is 0 Å². The van der Waals surface area contributed by atoms with Crippen molar-refractivity contribution in [1.82, 2.24) is 9.88 Å². The Morgan fingerprint density at radius 2 is 1.65 bits per heavy atom. The number of carboxylic acid groups (broad SMARTS) is 1. The van der Waals surface area contributed by atoms with Crippen molar-refractivity contribution in [3.8, 4) is 0 Å². The van der Waals surface area contributed by atoms with E-state index in [2.05, 4.69) is 10.3 Å². The van der Waals surface area contributed by atoms with E-state index < -0.39 is 5.97 Å². The second-order valence-corrected chi connectivity index (χ2v) is 6.52. The minimum Gasteiger partial charge on any atom is -0.478 e. The smallest absolute Gasteiger partial charge is 0.337 e. The number of halogens is 2. The van der Waals surface area contributed by atoms with Gasteiger partial charge in [-0.2, -0.15) is 0 Å². The molecular formula is C17H16Cl2N4O3. The standard InChI is InChI=1S/C17H16Cl2N4O3/c18-12-9-20-10-13(19)15(12)22-5-7-23(8-6-22)17(26)21-14-4-2-1-3-11(14)16(24)25/h1-4,9-10H,5-8H2,(H,21,26)(H,24,25). The van der Waals surface area contributed by atoms with Crippen molar-refractivity contribution >= 4 is 46.6 Å². The molecule has 26 heavy (non-hydrogen) atoms. The van der Waals surface area contributed by atoms with E-state index in [1.54, 1.807) is 23.1 Å². The molecule has 2 heterocycles. The molecule has 1 aliphatic rings. The van der Waals surface area contributed by atoms with Crippen LogP contribution in [0.3, 0.4) is 0 Å². The van der Waals surface area contributed by atoms with E-state index in [1.807, 2.05) is 4.90 Å². The van der Waals surface area contributed by atoms with Crippen molar-refractivity contribution in [2.45, 2.75) is 0 Å². The molecule has 1 fully saturated rings. The van der Waals surface area contributed by atoms with Crippen LogP contribution in [0.15, 0.2) is 36.7 Å². The van der Waals surface area contributed by atoms with Gasteiger partial charge in [-0.3, -0.25) is 4.98 Å². The molecule has 1 aromatic carbocycles. The molecule has 3 rings (SSSR count). The average Bonchev–Trinajstić information content (AvgIpc) is 2.62. The predicted molar refractivity (Wildman–Crippen MR) is 100 cm³/mol. The van der Waals surface area contributed by atoms with Crippen molar-refractivity contribution in [3.05, 3.63) is 52.3 Å². The summed E-state index contributed by atoms with van der Waals surface area (Å²) in [6.45, 7) is 2.01. The van der Waals surface area contributed by atoms with Gasteiger partial charge in [-0.1, -0.05) is 35.3 Å². The summed E-state index contributed by atoms with van der Waals surface area (Å²) in [6.07, 6.45) is 3.06. The van der Waals surface area contributed by atoms with Crippen LogP contribution in [0.2, 0.25) is 10.0 Å². The van der Waals surface area contributed by atoms with E-state index in [-0.39, 0.29) is 17.3 Å². The minimum absolute atomic E-state index is 0.0508. The van der Waals surface area contributed by atoms with Crippen molar-refractivity contribution < 1.29 is 14.7 Å². The van der Waals surface area contributed by atoms with Gasteiger partial charge in [0.25, 0.3) is 0 Å². The second kappa shape index (κ2) is 7.80. The molecule has 2 aromatic rings. The molecule has 0 spiro atoms. The zero-order chi connectivity index (χ0) is 18.7. The van der Waals surface area contributed by atoms with Crippen LogP contribution in [-0.4, -0.2) is 53.2 Å². The summed E-state index contributed by atoms with van der Waals surface area (Å²) in [4.78, 5) is 31.3. The van der Waals surface area contributed by atoms with Gasteiger partial charge in [0.2, 0.25) is 0 Å². The summed E-state index contributed by atoms with van der Waals surface area (Å²) < 4.78 is 0. The number of rotatable bonds is 3. The van der Waals surface area contributed by atoms with E-state index in [4.69, 9.17) is 23.2 Å². The minimum atomic E-state index is -1.09. The number of anilines is 2. The third-order valence-corrected chi connectivity index (χ3v) is 4.66. The number of aromatic nitrogens is 1. The van der Waals surface area contributed by atoms with Gasteiger partial charge < -0.3 is 20.2 Å². The Morgan fingerprint density at radius 1 is 1.04 bits per heavy atom. The molecule has 0 aliphatic carbocycles. The lowest BCUT2D eigenvalue weighted by Gasteiger charge is -2.36. The molecule has 0 radical (unpaired) electrons. The fourth-order valence-corrected chi connectivity index (χ4v) is 3.42. The number of hydrogen-bond acceptors (Lipinski definition) is 4. The molecular weight excluding hydrogens is 379 g/mol.